The third-order valence-corrected chi connectivity index (χ3v) is 2.51. The Hall–Kier alpha value is -1.36. The topological polar surface area (TPSA) is 55.6 Å². The minimum atomic E-state index is -0.157. The Balaban J connectivity index is 2.09. The van der Waals surface area contributed by atoms with Crippen molar-refractivity contribution in [1.82, 2.24) is 9.88 Å². The molecule has 1 aliphatic heterocycles. The molecule has 1 fully saturated rings. The van der Waals surface area contributed by atoms with Gasteiger partial charge in [0.15, 0.2) is 0 Å². The Kier molecular flexibility index (Phi) is 2.96. The van der Waals surface area contributed by atoms with Crippen LogP contribution in [0.25, 0.3) is 0 Å². The van der Waals surface area contributed by atoms with Crippen LogP contribution in [-0.2, 0) is 4.74 Å². The van der Waals surface area contributed by atoms with Gasteiger partial charge in [0.1, 0.15) is 5.76 Å². The molecular weight excluding hydrogens is 208 g/mol. The van der Waals surface area contributed by atoms with Crippen molar-refractivity contribution in [2.24, 2.45) is 0 Å². The Labute approximate surface area is 94.4 Å². The Bertz CT molecular complexity index is 378. The van der Waals surface area contributed by atoms with Crippen LogP contribution in [-0.4, -0.2) is 41.1 Å². The van der Waals surface area contributed by atoms with Crippen LogP contribution in [0.2, 0.25) is 0 Å². The van der Waals surface area contributed by atoms with E-state index in [1.807, 2.05) is 13.8 Å². The van der Waals surface area contributed by atoms with E-state index in [0.29, 0.717) is 18.8 Å². The van der Waals surface area contributed by atoms with Crippen molar-refractivity contribution in [2.75, 3.05) is 13.1 Å². The van der Waals surface area contributed by atoms with Crippen LogP contribution < -0.4 is 0 Å². The highest BCUT2D eigenvalue weighted by molar-refractivity contribution is 5.89. The molecule has 1 aromatic heterocycles. The molecule has 1 amide bonds. The molecule has 2 heterocycles. The monoisotopic (exact) mass is 224 g/mol. The molecule has 0 radical (unpaired) electrons. The zero-order valence-electron chi connectivity index (χ0n) is 9.77. The van der Waals surface area contributed by atoms with Gasteiger partial charge in [-0.15, -0.1) is 0 Å². The molecule has 1 saturated heterocycles. The second-order valence-electron chi connectivity index (χ2n) is 4.24. The van der Waals surface area contributed by atoms with E-state index in [0.717, 1.165) is 0 Å². The van der Waals surface area contributed by atoms with Crippen LogP contribution in [0.1, 0.15) is 30.3 Å². The first kappa shape index (κ1) is 11.1. The number of nitrogens with zero attached hydrogens (tertiary/aromatic N) is 2. The van der Waals surface area contributed by atoms with Gasteiger partial charge in [0, 0.05) is 13.1 Å². The van der Waals surface area contributed by atoms with Crippen molar-refractivity contribution in [2.45, 2.75) is 33.0 Å². The van der Waals surface area contributed by atoms with Crippen molar-refractivity contribution in [3.63, 3.8) is 0 Å². The summed E-state index contributed by atoms with van der Waals surface area (Å²) in [5.41, 5.74) is 0. The highest BCUT2D eigenvalue weighted by Crippen LogP contribution is 2.14. The summed E-state index contributed by atoms with van der Waals surface area (Å²) in [4.78, 5) is 17.7. The van der Waals surface area contributed by atoms with E-state index in [2.05, 4.69) is 4.98 Å². The molecule has 5 nitrogen and oxygen atoms in total. The van der Waals surface area contributed by atoms with E-state index in [-0.39, 0.29) is 24.0 Å². The molecule has 5 heteroatoms. The summed E-state index contributed by atoms with van der Waals surface area (Å²) in [5.74, 6) is 0.659. The number of aromatic nitrogens is 1. The first-order valence-corrected chi connectivity index (χ1v) is 5.43. The summed E-state index contributed by atoms with van der Waals surface area (Å²) in [6.45, 7) is 6.86. The molecule has 1 aromatic rings. The minimum absolute atomic E-state index is 0.0590. The normalized spacial score (nSPS) is 25.8. The largest absolute Gasteiger partial charge is 0.438 e. The minimum Gasteiger partial charge on any atom is -0.438 e. The maximum Gasteiger partial charge on any atom is 0.309 e. The summed E-state index contributed by atoms with van der Waals surface area (Å²) in [6, 6.07) is 0. The van der Waals surface area contributed by atoms with E-state index in [9.17, 15) is 4.79 Å². The lowest BCUT2D eigenvalue weighted by Gasteiger charge is -2.34. The van der Waals surface area contributed by atoms with Gasteiger partial charge in [0.2, 0.25) is 0 Å². The fraction of sp³-hybridized carbons (Fsp3) is 0.636. The zero-order chi connectivity index (χ0) is 11.7. The number of carbonyl (C=O) groups is 1. The fourth-order valence-corrected chi connectivity index (χ4v) is 1.93. The first-order valence-electron chi connectivity index (χ1n) is 5.43. The number of aryl methyl sites for hydroxylation is 1. The molecule has 0 N–H and O–H groups in total. The SMILES string of the molecule is Cc1cnc(C(=O)N2CC(C)OC(C)C2)o1. The second kappa shape index (κ2) is 4.25. The molecule has 0 saturated carbocycles. The second-order valence-corrected chi connectivity index (χ2v) is 4.24. The van der Waals surface area contributed by atoms with Crippen LogP contribution in [0.15, 0.2) is 10.6 Å². The van der Waals surface area contributed by atoms with Gasteiger partial charge in [-0.2, -0.15) is 0 Å². The van der Waals surface area contributed by atoms with Crippen LogP contribution in [0.3, 0.4) is 0 Å². The summed E-state index contributed by atoms with van der Waals surface area (Å²) >= 11 is 0. The number of amides is 1. The van der Waals surface area contributed by atoms with Gasteiger partial charge in [-0.25, -0.2) is 4.98 Å². The maximum atomic E-state index is 12.0. The Morgan fingerprint density at radius 1 is 1.44 bits per heavy atom. The highest BCUT2D eigenvalue weighted by Gasteiger charge is 2.28. The first-order chi connectivity index (χ1) is 7.56. The quantitative estimate of drug-likeness (QED) is 0.720. The van der Waals surface area contributed by atoms with Crippen molar-refractivity contribution in [3.05, 3.63) is 17.8 Å². The number of hydrogen-bond donors (Lipinski definition) is 0. The van der Waals surface area contributed by atoms with E-state index < -0.39 is 0 Å². The number of morpholine rings is 1. The maximum absolute atomic E-state index is 12.0. The number of carbonyl (C=O) groups excluding carboxylic acids is 1. The van der Waals surface area contributed by atoms with Crippen molar-refractivity contribution in [1.29, 1.82) is 0 Å². The smallest absolute Gasteiger partial charge is 0.309 e. The average Bonchev–Trinajstić information content (AvgIpc) is 2.62. The van der Waals surface area contributed by atoms with Crippen LogP contribution in [0.5, 0.6) is 0 Å². The van der Waals surface area contributed by atoms with Gasteiger partial charge in [0.25, 0.3) is 5.89 Å². The lowest BCUT2D eigenvalue weighted by atomic mass is 10.2. The molecule has 88 valence electrons. The van der Waals surface area contributed by atoms with E-state index in [4.69, 9.17) is 9.15 Å². The van der Waals surface area contributed by atoms with E-state index >= 15 is 0 Å². The van der Waals surface area contributed by atoms with Crippen LogP contribution >= 0.6 is 0 Å². The number of oxazole rings is 1. The highest BCUT2D eigenvalue weighted by atomic mass is 16.5. The third-order valence-electron chi connectivity index (χ3n) is 2.51. The number of hydrogen-bond acceptors (Lipinski definition) is 4. The molecule has 2 unspecified atom stereocenters. The molecule has 16 heavy (non-hydrogen) atoms. The Morgan fingerprint density at radius 2 is 2.06 bits per heavy atom. The molecule has 0 bridgehead atoms. The number of ether oxygens (including phenoxy) is 1. The average molecular weight is 224 g/mol. The Morgan fingerprint density at radius 3 is 2.56 bits per heavy atom. The standard InChI is InChI=1S/C11H16N2O3/c1-7-4-12-10(16-7)11(14)13-5-8(2)15-9(3)6-13/h4,8-9H,5-6H2,1-3H3. The number of rotatable bonds is 1. The summed E-state index contributed by atoms with van der Waals surface area (Å²) in [5, 5.41) is 0. The molecule has 0 aromatic carbocycles. The molecule has 2 atom stereocenters. The fourth-order valence-electron chi connectivity index (χ4n) is 1.93. The lowest BCUT2D eigenvalue weighted by molar-refractivity contribution is -0.0594. The molecule has 0 aliphatic carbocycles. The lowest BCUT2D eigenvalue weighted by Crippen LogP contribution is -2.48. The predicted octanol–water partition coefficient (Wildman–Crippen LogP) is 1.23. The van der Waals surface area contributed by atoms with Gasteiger partial charge in [-0.1, -0.05) is 0 Å². The van der Waals surface area contributed by atoms with Crippen LogP contribution in [0.4, 0.5) is 0 Å². The van der Waals surface area contributed by atoms with Gasteiger partial charge in [0.05, 0.1) is 18.4 Å². The summed E-state index contributed by atoms with van der Waals surface area (Å²) < 4.78 is 10.8. The molecule has 1 aliphatic rings. The molecule has 2 rings (SSSR count). The summed E-state index contributed by atoms with van der Waals surface area (Å²) in [6.07, 6.45) is 1.67. The van der Waals surface area contributed by atoms with Gasteiger partial charge in [-0.05, 0) is 20.8 Å². The van der Waals surface area contributed by atoms with Crippen molar-refractivity contribution in [3.8, 4) is 0 Å². The van der Waals surface area contributed by atoms with E-state index in [1.165, 1.54) is 0 Å². The zero-order valence-corrected chi connectivity index (χ0v) is 9.77. The molecule has 0 spiro atoms. The summed E-state index contributed by atoms with van der Waals surface area (Å²) in [7, 11) is 0. The van der Waals surface area contributed by atoms with Gasteiger partial charge >= 0.3 is 5.91 Å². The van der Waals surface area contributed by atoms with E-state index in [1.54, 1.807) is 18.0 Å². The van der Waals surface area contributed by atoms with Crippen LogP contribution in [0, 0.1) is 6.92 Å². The predicted molar refractivity (Wildman–Crippen MR) is 57.2 cm³/mol. The third kappa shape index (κ3) is 2.24. The van der Waals surface area contributed by atoms with Crippen molar-refractivity contribution >= 4 is 5.91 Å². The van der Waals surface area contributed by atoms with Crippen molar-refractivity contribution < 1.29 is 13.9 Å². The van der Waals surface area contributed by atoms with Gasteiger partial charge in [-0.3, -0.25) is 4.79 Å². The van der Waals surface area contributed by atoms with Gasteiger partial charge < -0.3 is 14.1 Å². The molecular formula is C11H16N2O3.